The van der Waals surface area contributed by atoms with Crippen LogP contribution in [0, 0.1) is 0 Å². The number of aliphatic imine (C=N–C) groups is 1. The Balaban J connectivity index is 1.74. The highest BCUT2D eigenvalue weighted by molar-refractivity contribution is 8.04. The lowest BCUT2D eigenvalue weighted by atomic mass is 10.2. The molecule has 7 heteroatoms. The molecule has 0 amide bonds. The molecule has 1 unspecified atom stereocenters. The first-order valence-electron chi connectivity index (χ1n) is 7.48. The van der Waals surface area contributed by atoms with Crippen LogP contribution < -0.4 is 11.3 Å². The number of thioether (sulfide) groups is 1. The van der Waals surface area contributed by atoms with Crippen molar-refractivity contribution in [1.82, 2.24) is 10.2 Å². The van der Waals surface area contributed by atoms with E-state index in [1.807, 2.05) is 12.1 Å². The molecule has 1 saturated heterocycles. The van der Waals surface area contributed by atoms with Gasteiger partial charge in [0.05, 0.1) is 11.6 Å². The van der Waals surface area contributed by atoms with Crippen molar-refractivity contribution in [3.05, 3.63) is 45.9 Å². The van der Waals surface area contributed by atoms with E-state index in [1.54, 1.807) is 18.5 Å². The van der Waals surface area contributed by atoms with Crippen LogP contribution in [-0.4, -0.2) is 29.2 Å². The number of ether oxygens (including phenoxy) is 1. The molecule has 0 spiro atoms. The first-order chi connectivity index (χ1) is 11.3. The maximum Gasteiger partial charge on any atom is 0.272 e. The summed E-state index contributed by atoms with van der Waals surface area (Å²) in [4.78, 5) is 17.9. The minimum absolute atomic E-state index is 0.0707. The number of nitrogens with two attached hydrogens (primary N) is 1. The van der Waals surface area contributed by atoms with Crippen molar-refractivity contribution in [3.8, 4) is 0 Å². The van der Waals surface area contributed by atoms with Crippen LogP contribution in [0.25, 0.3) is 10.8 Å². The molecular weight excluding hydrogens is 312 g/mol. The van der Waals surface area contributed by atoms with Crippen molar-refractivity contribution in [3.63, 3.8) is 0 Å². The Hall–Kier alpha value is -2.12. The SMILES string of the molecule is NC=C(C=NC1CCCCO1)Sc1ccc2c(=O)[nH]ncc2c1. The molecule has 1 aliphatic rings. The molecule has 0 radical (unpaired) electrons. The highest BCUT2D eigenvalue weighted by Gasteiger charge is 2.11. The number of nitrogens with one attached hydrogen (secondary N) is 1. The van der Waals surface area contributed by atoms with Crippen molar-refractivity contribution in [2.45, 2.75) is 30.4 Å². The summed E-state index contributed by atoms with van der Waals surface area (Å²) in [5, 5.41) is 7.66. The van der Waals surface area contributed by atoms with Gasteiger partial charge in [-0.1, -0.05) is 11.8 Å². The number of allylic oxidation sites excluding steroid dienone is 1. The maximum atomic E-state index is 11.7. The molecule has 1 fully saturated rings. The van der Waals surface area contributed by atoms with E-state index >= 15 is 0 Å². The van der Waals surface area contributed by atoms with Crippen molar-refractivity contribution in [2.24, 2.45) is 10.7 Å². The van der Waals surface area contributed by atoms with Crippen molar-refractivity contribution < 1.29 is 4.74 Å². The summed E-state index contributed by atoms with van der Waals surface area (Å²) in [6.45, 7) is 0.767. The molecule has 0 aliphatic carbocycles. The minimum Gasteiger partial charge on any atom is -0.404 e. The predicted molar refractivity (Wildman–Crippen MR) is 92.6 cm³/mol. The van der Waals surface area contributed by atoms with E-state index in [9.17, 15) is 4.79 Å². The van der Waals surface area contributed by atoms with Crippen LogP contribution in [0.4, 0.5) is 0 Å². The number of benzene rings is 1. The zero-order valence-electron chi connectivity index (χ0n) is 12.6. The monoisotopic (exact) mass is 330 g/mol. The summed E-state index contributed by atoms with van der Waals surface area (Å²) in [7, 11) is 0. The fourth-order valence-corrected chi connectivity index (χ4v) is 3.15. The van der Waals surface area contributed by atoms with Crippen LogP contribution >= 0.6 is 11.8 Å². The Bertz CT molecular complexity index is 794. The van der Waals surface area contributed by atoms with Crippen molar-refractivity contribution in [2.75, 3.05) is 6.61 Å². The average Bonchev–Trinajstić information content (AvgIpc) is 2.59. The zero-order chi connectivity index (χ0) is 16.1. The second-order valence-electron chi connectivity index (χ2n) is 5.22. The predicted octanol–water partition coefficient (Wildman–Crippen LogP) is 2.41. The van der Waals surface area contributed by atoms with E-state index in [1.165, 1.54) is 18.0 Å². The number of fused-ring (bicyclic) bond motifs is 1. The summed E-state index contributed by atoms with van der Waals surface area (Å²) in [5.41, 5.74) is 5.50. The number of hydrogen-bond acceptors (Lipinski definition) is 6. The Labute approximate surface area is 137 Å². The van der Waals surface area contributed by atoms with Crippen LogP contribution in [0.3, 0.4) is 0 Å². The van der Waals surface area contributed by atoms with Gasteiger partial charge in [-0.15, -0.1) is 0 Å². The van der Waals surface area contributed by atoms with Gasteiger partial charge in [0.15, 0.2) is 0 Å². The largest absolute Gasteiger partial charge is 0.404 e. The lowest BCUT2D eigenvalue weighted by Gasteiger charge is -2.18. The molecule has 1 aromatic heterocycles. The van der Waals surface area contributed by atoms with Gasteiger partial charge in [0.1, 0.15) is 6.23 Å². The van der Waals surface area contributed by atoms with E-state index in [-0.39, 0.29) is 11.8 Å². The number of H-pyrrole nitrogens is 1. The van der Waals surface area contributed by atoms with Gasteiger partial charge in [-0.3, -0.25) is 9.79 Å². The van der Waals surface area contributed by atoms with E-state index in [2.05, 4.69) is 15.2 Å². The smallest absolute Gasteiger partial charge is 0.272 e. The number of aromatic amines is 1. The first-order valence-corrected chi connectivity index (χ1v) is 8.30. The maximum absolute atomic E-state index is 11.7. The summed E-state index contributed by atoms with van der Waals surface area (Å²) in [6, 6.07) is 5.58. The van der Waals surface area contributed by atoms with Gasteiger partial charge in [0.25, 0.3) is 5.56 Å². The molecule has 2 aromatic rings. The van der Waals surface area contributed by atoms with Gasteiger partial charge < -0.3 is 10.5 Å². The van der Waals surface area contributed by atoms with Crippen molar-refractivity contribution in [1.29, 1.82) is 0 Å². The lowest BCUT2D eigenvalue weighted by molar-refractivity contribution is 0.0227. The van der Waals surface area contributed by atoms with E-state index in [0.29, 0.717) is 5.39 Å². The fourth-order valence-electron chi connectivity index (χ4n) is 2.38. The standard InChI is InChI=1S/C16H18N4O2S/c17-8-13(10-18-15-3-1-2-6-22-15)23-12-4-5-14-11(7-12)9-19-20-16(14)21/h4-5,7-10,15H,1-3,6,17H2,(H,20,21). The molecule has 23 heavy (non-hydrogen) atoms. The van der Waals surface area contributed by atoms with E-state index < -0.39 is 0 Å². The molecule has 0 saturated carbocycles. The zero-order valence-corrected chi connectivity index (χ0v) is 13.4. The summed E-state index contributed by atoms with van der Waals surface area (Å²) < 4.78 is 5.57. The summed E-state index contributed by atoms with van der Waals surface area (Å²) in [6.07, 6.45) is 8.03. The Kier molecular flexibility index (Phi) is 5.09. The Morgan fingerprint density at radius 2 is 2.39 bits per heavy atom. The third kappa shape index (κ3) is 4.00. The third-order valence-corrected chi connectivity index (χ3v) is 4.53. The molecule has 0 bridgehead atoms. The highest BCUT2D eigenvalue weighted by Crippen LogP contribution is 2.27. The first kappa shape index (κ1) is 15.8. The molecule has 1 aromatic carbocycles. The number of rotatable bonds is 4. The summed E-state index contributed by atoms with van der Waals surface area (Å²) >= 11 is 1.49. The van der Waals surface area contributed by atoms with Gasteiger partial charge >= 0.3 is 0 Å². The molecular formula is C16H18N4O2S. The average molecular weight is 330 g/mol. The second-order valence-corrected chi connectivity index (χ2v) is 6.37. The number of aromatic nitrogens is 2. The van der Waals surface area contributed by atoms with Crippen LogP contribution in [0.15, 0.2) is 50.2 Å². The van der Waals surface area contributed by atoms with Crippen LogP contribution in [-0.2, 0) is 4.74 Å². The van der Waals surface area contributed by atoms with Gasteiger partial charge in [0, 0.05) is 34.2 Å². The van der Waals surface area contributed by atoms with Crippen LogP contribution in [0.1, 0.15) is 19.3 Å². The number of hydrogen-bond donors (Lipinski definition) is 2. The molecule has 3 N–H and O–H groups in total. The normalized spacial score (nSPS) is 19.5. The molecule has 3 rings (SSSR count). The van der Waals surface area contributed by atoms with E-state index in [4.69, 9.17) is 10.5 Å². The number of nitrogens with zero attached hydrogens (tertiary/aromatic N) is 2. The molecule has 120 valence electrons. The molecule has 1 atom stereocenters. The molecule has 2 heterocycles. The van der Waals surface area contributed by atoms with Gasteiger partial charge in [-0.05, 0) is 37.5 Å². The highest BCUT2D eigenvalue weighted by atomic mass is 32.2. The molecule has 6 nitrogen and oxygen atoms in total. The Morgan fingerprint density at radius 3 is 3.17 bits per heavy atom. The van der Waals surface area contributed by atoms with E-state index in [0.717, 1.165) is 41.1 Å². The molecule has 1 aliphatic heterocycles. The lowest BCUT2D eigenvalue weighted by Crippen LogP contribution is -2.16. The minimum atomic E-state index is -0.190. The summed E-state index contributed by atoms with van der Waals surface area (Å²) in [5.74, 6) is 0. The fraction of sp³-hybridized carbons (Fsp3) is 0.312. The van der Waals surface area contributed by atoms with Gasteiger partial charge in [-0.25, -0.2) is 5.10 Å². The van der Waals surface area contributed by atoms with Crippen molar-refractivity contribution >= 4 is 28.7 Å². The topological polar surface area (TPSA) is 93.4 Å². The van der Waals surface area contributed by atoms with Gasteiger partial charge in [-0.2, -0.15) is 5.10 Å². The van der Waals surface area contributed by atoms with Crippen LogP contribution in [0.5, 0.6) is 0 Å². The second kappa shape index (κ2) is 7.43. The van der Waals surface area contributed by atoms with Crippen LogP contribution in [0.2, 0.25) is 0 Å². The quantitative estimate of drug-likeness (QED) is 0.663. The van der Waals surface area contributed by atoms with Gasteiger partial charge in [0.2, 0.25) is 0 Å². The third-order valence-electron chi connectivity index (χ3n) is 3.56. The Morgan fingerprint density at radius 1 is 1.48 bits per heavy atom.